The third-order valence-electron chi connectivity index (χ3n) is 4.36. The largest absolute Gasteiger partial charge is 0.497 e. The molecule has 0 aliphatic carbocycles. The van der Waals surface area contributed by atoms with Gasteiger partial charge in [-0.3, -0.25) is 0 Å². The van der Waals surface area contributed by atoms with Crippen LogP contribution in [0.4, 0.5) is 0 Å². The summed E-state index contributed by atoms with van der Waals surface area (Å²) in [6, 6.07) is 28.4. The van der Waals surface area contributed by atoms with Gasteiger partial charge in [0.15, 0.2) is 6.54 Å². The van der Waals surface area contributed by atoms with Gasteiger partial charge in [0.05, 0.1) is 18.6 Å². The minimum atomic E-state index is -4.94. The first kappa shape index (κ1) is 22.5. The lowest BCUT2D eigenvalue weighted by Crippen LogP contribution is -2.75. The molecule has 1 heterocycles. The Bertz CT molecular complexity index is 1180. The monoisotopic (exact) mass is 441 g/mol. The average molecular weight is 442 g/mol. The molecule has 0 amide bonds. The lowest BCUT2D eigenvalue weighted by Gasteiger charge is -2.17. The third kappa shape index (κ3) is 6.92. The topological polar surface area (TPSA) is 129 Å². The molecule has 1 N–H and O–H groups in total. The standard InChI is InChI=1S/C23H19NO2.ClHO4/c1-25-19-12-13-22-20(14-19)21(24-16-17-8-4-2-5-9-17)15-23(26-22)18-10-6-3-7-11-18;2-1(3,4)5/h2-15H,16H2,1H3;(H,2,3,4,5). The number of nitrogens with one attached hydrogen (secondary N) is 1. The third-order valence-corrected chi connectivity index (χ3v) is 4.36. The van der Waals surface area contributed by atoms with Gasteiger partial charge >= 0.3 is 0 Å². The highest BCUT2D eigenvalue weighted by molar-refractivity contribution is 5.79. The predicted octanol–water partition coefficient (Wildman–Crippen LogP) is -1.47. The molecule has 0 fully saturated rings. The van der Waals surface area contributed by atoms with Crippen LogP contribution in [-0.4, -0.2) is 7.11 Å². The molecule has 0 saturated carbocycles. The van der Waals surface area contributed by atoms with Gasteiger partial charge in [-0.15, -0.1) is 10.2 Å². The van der Waals surface area contributed by atoms with Gasteiger partial charge in [-0.2, -0.15) is 0 Å². The van der Waals surface area contributed by atoms with Crippen molar-refractivity contribution in [1.82, 2.24) is 0 Å². The van der Waals surface area contributed by atoms with Crippen molar-refractivity contribution in [3.8, 4) is 17.1 Å². The molecule has 0 spiro atoms. The number of hydrogen-bond donors (Lipinski definition) is 1. The van der Waals surface area contributed by atoms with E-state index >= 15 is 0 Å². The van der Waals surface area contributed by atoms with E-state index < -0.39 is 10.2 Å². The molecule has 4 aromatic rings. The molecular weight excluding hydrogens is 422 g/mol. The van der Waals surface area contributed by atoms with Crippen molar-refractivity contribution >= 4 is 11.0 Å². The molecule has 31 heavy (non-hydrogen) atoms. The summed E-state index contributed by atoms with van der Waals surface area (Å²) in [6.07, 6.45) is 0. The second-order valence-electron chi connectivity index (χ2n) is 6.47. The van der Waals surface area contributed by atoms with Gasteiger partial charge in [-0.1, -0.05) is 60.7 Å². The van der Waals surface area contributed by atoms with Gasteiger partial charge in [-0.25, -0.2) is 23.6 Å². The molecule has 0 atom stereocenters. The molecule has 0 aliphatic heterocycles. The van der Waals surface area contributed by atoms with E-state index in [0.29, 0.717) is 0 Å². The first-order valence-corrected chi connectivity index (χ1v) is 10.5. The van der Waals surface area contributed by atoms with E-state index in [1.165, 1.54) is 5.56 Å². The van der Waals surface area contributed by atoms with Crippen molar-refractivity contribution in [3.05, 3.63) is 95.8 Å². The summed E-state index contributed by atoms with van der Waals surface area (Å²) in [7, 11) is -3.27. The lowest BCUT2D eigenvalue weighted by atomic mass is 10.1. The van der Waals surface area contributed by atoms with Crippen molar-refractivity contribution in [2.24, 2.45) is 0 Å². The zero-order chi connectivity index (χ0) is 22.3. The second kappa shape index (κ2) is 10.2. The smallest absolute Gasteiger partial charge is 0.213 e. The molecule has 160 valence electrons. The maximum absolute atomic E-state index is 8.49. The molecule has 0 aliphatic rings. The van der Waals surface area contributed by atoms with Crippen molar-refractivity contribution < 1.29 is 43.0 Å². The number of halogens is 1. The molecule has 0 bridgehead atoms. The zero-order valence-electron chi connectivity index (χ0n) is 16.6. The summed E-state index contributed by atoms with van der Waals surface area (Å²) in [5, 5.41) is 2.02. The fraction of sp³-hybridized carbons (Fsp3) is 0.0870. The van der Waals surface area contributed by atoms with E-state index in [2.05, 4.69) is 35.3 Å². The van der Waals surface area contributed by atoms with Crippen LogP contribution in [0.25, 0.3) is 22.3 Å². The van der Waals surface area contributed by atoms with Gasteiger partial charge in [-0.05, 0) is 18.2 Å². The first-order valence-electron chi connectivity index (χ1n) is 9.23. The van der Waals surface area contributed by atoms with E-state index in [-0.39, 0.29) is 0 Å². The van der Waals surface area contributed by atoms with Crippen LogP contribution in [0.15, 0.2) is 89.3 Å². The highest BCUT2D eigenvalue weighted by atomic mass is 35.7. The van der Waals surface area contributed by atoms with Gasteiger partial charge in [0, 0.05) is 11.1 Å². The Morgan fingerprint density at radius 3 is 2.06 bits per heavy atom. The number of hydrogen-bond acceptors (Lipinski definition) is 6. The quantitative estimate of drug-likeness (QED) is 0.412. The molecule has 0 saturated heterocycles. The maximum Gasteiger partial charge on any atom is 0.213 e. The number of ether oxygens (including phenoxy) is 1. The van der Waals surface area contributed by atoms with Crippen LogP contribution in [0.5, 0.6) is 5.75 Å². The Morgan fingerprint density at radius 2 is 1.45 bits per heavy atom. The predicted molar refractivity (Wildman–Crippen MR) is 102 cm³/mol. The average Bonchev–Trinajstić information content (AvgIpc) is 2.77. The van der Waals surface area contributed by atoms with Gasteiger partial charge < -0.3 is 9.15 Å². The van der Waals surface area contributed by atoms with E-state index in [1.54, 1.807) is 7.11 Å². The van der Waals surface area contributed by atoms with Gasteiger partial charge in [0.2, 0.25) is 5.36 Å². The van der Waals surface area contributed by atoms with Crippen LogP contribution >= 0.6 is 0 Å². The van der Waals surface area contributed by atoms with Crippen LogP contribution in [0, 0.1) is 10.2 Å². The molecule has 1 aromatic heterocycles. The number of fused-ring (bicyclic) bond motifs is 1. The van der Waals surface area contributed by atoms with E-state index in [1.807, 2.05) is 54.6 Å². The summed E-state index contributed by atoms with van der Waals surface area (Å²) in [6.45, 7) is 0.741. The minimum Gasteiger partial charge on any atom is -0.497 e. The SMILES string of the molecule is COc1ccc2oc(-c3ccccc3)cc(=[NH+]Cc3ccccc3)c2c1.[O-][Cl+3]([O-])([O-])[O-]. The Labute approximate surface area is 180 Å². The zero-order valence-corrected chi connectivity index (χ0v) is 17.4. The van der Waals surface area contributed by atoms with E-state index in [0.717, 1.165) is 39.9 Å². The fourth-order valence-corrected chi connectivity index (χ4v) is 2.98. The summed E-state index contributed by atoms with van der Waals surface area (Å²) in [5.74, 6) is 1.64. The van der Waals surface area contributed by atoms with E-state index in [9.17, 15) is 0 Å². The molecular formula is C23H20ClNO6. The van der Waals surface area contributed by atoms with Crippen molar-refractivity contribution in [1.29, 1.82) is 0 Å². The molecule has 0 radical (unpaired) electrons. The molecule has 4 rings (SSSR count). The van der Waals surface area contributed by atoms with Crippen molar-refractivity contribution in [2.75, 3.05) is 7.11 Å². The van der Waals surface area contributed by atoms with Crippen molar-refractivity contribution in [3.63, 3.8) is 0 Å². The second-order valence-corrected chi connectivity index (χ2v) is 7.23. The minimum absolute atomic E-state index is 0.741. The Kier molecular flexibility index (Phi) is 7.41. The summed E-state index contributed by atoms with van der Waals surface area (Å²) >= 11 is 0. The van der Waals surface area contributed by atoms with Gasteiger partial charge in [0.25, 0.3) is 0 Å². The molecule has 0 unspecified atom stereocenters. The van der Waals surface area contributed by atoms with Crippen LogP contribution in [0.1, 0.15) is 5.56 Å². The summed E-state index contributed by atoms with van der Waals surface area (Å²) < 4.78 is 45.5. The highest BCUT2D eigenvalue weighted by Gasteiger charge is 2.10. The number of rotatable bonds is 4. The lowest BCUT2D eigenvalue weighted by molar-refractivity contribution is -2.00. The van der Waals surface area contributed by atoms with Crippen LogP contribution in [0.3, 0.4) is 0 Å². The summed E-state index contributed by atoms with van der Waals surface area (Å²) in [4.78, 5) is 3.55. The summed E-state index contributed by atoms with van der Waals surface area (Å²) in [5.41, 5.74) is 3.10. The van der Waals surface area contributed by atoms with E-state index in [4.69, 9.17) is 27.8 Å². The van der Waals surface area contributed by atoms with Crippen LogP contribution in [-0.2, 0) is 6.54 Å². The Hall–Kier alpha value is -3.20. The number of methoxy groups -OCH3 is 1. The fourth-order valence-electron chi connectivity index (χ4n) is 2.98. The molecule has 8 heteroatoms. The van der Waals surface area contributed by atoms with Crippen LogP contribution in [0.2, 0.25) is 0 Å². The molecule has 7 nitrogen and oxygen atoms in total. The van der Waals surface area contributed by atoms with Gasteiger partial charge in [0.1, 0.15) is 17.1 Å². The normalized spacial score (nSPS) is 11.7. The number of benzene rings is 3. The van der Waals surface area contributed by atoms with Crippen LogP contribution < -0.4 is 33.7 Å². The first-order chi connectivity index (χ1) is 14.8. The van der Waals surface area contributed by atoms with Crippen molar-refractivity contribution in [2.45, 2.75) is 6.54 Å². The Morgan fingerprint density at radius 1 is 0.839 bits per heavy atom. The maximum atomic E-state index is 8.49. The Balaban J connectivity index is 0.000000491. The molecule has 3 aromatic carbocycles. The highest BCUT2D eigenvalue weighted by Crippen LogP contribution is 2.23.